The van der Waals surface area contributed by atoms with Crippen molar-refractivity contribution in [3.05, 3.63) is 64.6 Å². The number of nitrogens with zero attached hydrogens (tertiary/aromatic N) is 1. The molecule has 9 heteroatoms. The number of methoxy groups -OCH3 is 1. The molecule has 3 aromatic rings. The Morgan fingerprint density at radius 3 is 2.50 bits per heavy atom. The van der Waals surface area contributed by atoms with Gasteiger partial charge in [0, 0.05) is 27.4 Å². The number of rotatable bonds is 5. The van der Waals surface area contributed by atoms with E-state index in [4.69, 9.17) is 22.1 Å². The van der Waals surface area contributed by atoms with Gasteiger partial charge < -0.3 is 15.8 Å². The lowest BCUT2D eigenvalue weighted by Crippen LogP contribution is -2.57. The summed E-state index contributed by atoms with van der Waals surface area (Å²) in [7, 11) is 1.17. The van der Waals surface area contributed by atoms with Gasteiger partial charge in [0.1, 0.15) is 5.54 Å². The summed E-state index contributed by atoms with van der Waals surface area (Å²) in [6.45, 7) is 2.64. The topological polar surface area (TPSA) is 60.2 Å². The molecule has 0 bridgehead atoms. The Balaban J connectivity index is 2.23. The monoisotopic (exact) mass is 441 g/mol. The number of aryl methyl sites for hydroxylation is 1. The molecule has 0 amide bonds. The van der Waals surface area contributed by atoms with Gasteiger partial charge in [-0.25, -0.2) is 4.39 Å². The molecule has 0 aliphatic rings. The van der Waals surface area contributed by atoms with Gasteiger partial charge in [0.25, 0.3) is 0 Å². The molecule has 0 fully saturated rings. The first-order chi connectivity index (χ1) is 14.0. The second-order valence-corrected chi connectivity index (χ2v) is 7.63. The summed E-state index contributed by atoms with van der Waals surface area (Å²) >= 11 is 5.95. The van der Waals surface area contributed by atoms with E-state index in [1.165, 1.54) is 13.2 Å². The van der Waals surface area contributed by atoms with Crippen molar-refractivity contribution < 1.29 is 22.3 Å². The Morgan fingerprint density at radius 1 is 1.17 bits per heavy atom. The van der Waals surface area contributed by atoms with Gasteiger partial charge in [-0.2, -0.15) is 13.2 Å². The number of nitrogens with one attached hydrogen (secondary N) is 1. The number of benzene rings is 2. The smallest absolute Gasteiger partial charge is 0.408 e. The average molecular weight is 442 g/mol. The van der Waals surface area contributed by atoms with E-state index < -0.39 is 23.6 Å². The predicted molar refractivity (Wildman–Crippen MR) is 109 cm³/mol. The fourth-order valence-corrected chi connectivity index (χ4v) is 3.48. The lowest BCUT2D eigenvalue weighted by Gasteiger charge is -2.38. The highest BCUT2D eigenvalue weighted by Crippen LogP contribution is 2.44. The van der Waals surface area contributed by atoms with Crippen LogP contribution in [0, 0.1) is 12.7 Å². The molecule has 2 aromatic carbocycles. The largest absolute Gasteiger partial charge is 0.493 e. The highest BCUT2D eigenvalue weighted by atomic mass is 35.5. The number of pyridine rings is 1. The summed E-state index contributed by atoms with van der Waals surface area (Å²) in [6.07, 6.45) is -4.83. The van der Waals surface area contributed by atoms with Crippen molar-refractivity contribution in [1.29, 1.82) is 0 Å². The number of alkyl halides is 3. The molecule has 1 heterocycles. The minimum Gasteiger partial charge on any atom is -0.493 e. The van der Waals surface area contributed by atoms with Gasteiger partial charge in [-0.15, -0.1) is 0 Å². The summed E-state index contributed by atoms with van der Waals surface area (Å²) in [6, 6.07) is 9.05. The normalized spacial score (nSPS) is 15.0. The van der Waals surface area contributed by atoms with Crippen LogP contribution in [0.2, 0.25) is 5.02 Å². The van der Waals surface area contributed by atoms with Crippen LogP contribution in [0.15, 0.2) is 42.5 Å². The molecule has 2 atom stereocenters. The second-order valence-electron chi connectivity index (χ2n) is 7.19. The number of ether oxygens (including phenoxy) is 1. The van der Waals surface area contributed by atoms with Crippen molar-refractivity contribution in [3.8, 4) is 5.75 Å². The van der Waals surface area contributed by atoms with Crippen LogP contribution in [-0.2, 0) is 0 Å². The minimum atomic E-state index is -4.83. The van der Waals surface area contributed by atoms with E-state index >= 15 is 0 Å². The Kier molecular flexibility index (Phi) is 5.84. The number of nitrogens with two attached hydrogens (primary N) is 1. The fourth-order valence-electron chi connectivity index (χ4n) is 3.26. The molecule has 3 rings (SSSR count). The fraction of sp³-hybridized carbons (Fsp3) is 0.286. The van der Waals surface area contributed by atoms with Gasteiger partial charge in [-0.1, -0.05) is 17.7 Å². The van der Waals surface area contributed by atoms with Crippen molar-refractivity contribution in [2.75, 3.05) is 12.4 Å². The SMILES string of the molecule is COc1c(F)cc(Cl)cc1C(Nc1cccc2nc(C)ccc12)C(C)(N)C(F)(F)F. The summed E-state index contributed by atoms with van der Waals surface area (Å²) in [4.78, 5) is 4.39. The average Bonchev–Trinajstić information content (AvgIpc) is 2.64. The third-order valence-corrected chi connectivity index (χ3v) is 5.15. The van der Waals surface area contributed by atoms with Crippen molar-refractivity contribution in [3.63, 3.8) is 0 Å². The molecule has 4 nitrogen and oxygen atoms in total. The molecule has 3 N–H and O–H groups in total. The molecular weight excluding hydrogens is 422 g/mol. The van der Waals surface area contributed by atoms with E-state index in [2.05, 4.69) is 10.3 Å². The molecule has 0 saturated carbocycles. The molecular formula is C21H20ClF4N3O. The number of hydrogen-bond donors (Lipinski definition) is 2. The lowest BCUT2D eigenvalue weighted by molar-refractivity contribution is -0.185. The van der Waals surface area contributed by atoms with E-state index in [1.54, 1.807) is 30.3 Å². The maximum atomic E-state index is 14.4. The van der Waals surface area contributed by atoms with Crippen LogP contribution in [0.1, 0.15) is 24.2 Å². The van der Waals surface area contributed by atoms with Gasteiger partial charge in [0.15, 0.2) is 11.6 Å². The predicted octanol–water partition coefficient (Wildman–Crippen LogP) is 5.78. The molecule has 30 heavy (non-hydrogen) atoms. The lowest BCUT2D eigenvalue weighted by atomic mass is 9.86. The molecule has 0 aliphatic heterocycles. The number of fused-ring (bicyclic) bond motifs is 1. The van der Waals surface area contributed by atoms with Gasteiger partial charge in [-0.05, 0) is 50.2 Å². The molecule has 0 spiro atoms. The summed E-state index contributed by atoms with van der Waals surface area (Å²) in [5.41, 5.74) is 4.55. The van der Waals surface area contributed by atoms with E-state index in [9.17, 15) is 17.6 Å². The zero-order valence-electron chi connectivity index (χ0n) is 16.4. The first-order valence-corrected chi connectivity index (χ1v) is 9.35. The van der Waals surface area contributed by atoms with Crippen LogP contribution in [-0.4, -0.2) is 23.8 Å². The van der Waals surface area contributed by atoms with Crippen molar-refractivity contribution >= 4 is 28.2 Å². The van der Waals surface area contributed by atoms with Crippen LogP contribution in [0.4, 0.5) is 23.2 Å². The quantitative estimate of drug-likeness (QED) is 0.493. The number of anilines is 1. The summed E-state index contributed by atoms with van der Waals surface area (Å²) < 4.78 is 61.3. The third kappa shape index (κ3) is 4.02. The van der Waals surface area contributed by atoms with Crippen molar-refractivity contribution in [2.45, 2.75) is 31.6 Å². The van der Waals surface area contributed by atoms with Crippen LogP contribution >= 0.6 is 11.6 Å². The van der Waals surface area contributed by atoms with Crippen LogP contribution in [0.5, 0.6) is 5.75 Å². The molecule has 1 aromatic heterocycles. The van der Waals surface area contributed by atoms with Crippen molar-refractivity contribution in [1.82, 2.24) is 4.98 Å². The Morgan fingerprint density at radius 2 is 1.87 bits per heavy atom. The molecule has 0 saturated heterocycles. The Bertz CT molecular complexity index is 1090. The van der Waals surface area contributed by atoms with Crippen LogP contribution < -0.4 is 15.8 Å². The number of hydrogen-bond acceptors (Lipinski definition) is 4. The molecule has 0 radical (unpaired) electrons. The van der Waals surface area contributed by atoms with Gasteiger partial charge in [-0.3, -0.25) is 4.98 Å². The van der Waals surface area contributed by atoms with Gasteiger partial charge >= 0.3 is 6.18 Å². The number of aromatic nitrogens is 1. The zero-order chi connectivity index (χ0) is 22.3. The van der Waals surface area contributed by atoms with Crippen molar-refractivity contribution in [2.24, 2.45) is 5.73 Å². The Labute approximate surface area is 176 Å². The summed E-state index contributed by atoms with van der Waals surface area (Å²) in [5, 5.41) is 3.35. The van der Waals surface area contributed by atoms with E-state index in [0.29, 0.717) is 16.6 Å². The minimum absolute atomic E-state index is 0.0803. The Hall–Kier alpha value is -2.58. The third-order valence-electron chi connectivity index (χ3n) is 4.93. The van der Waals surface area contributed by atoms with Gasteiger partial charge in [0.05, 0.1) is 18.7 Å². The van der Waals surface area contributed by atoms with E-state index in [-0.39, 0.29) is 16.3 Å². The highest BCUT2D eigenvalue weighted by molar-refractivity contribution is 6.30. The number of halogens is 5. The highest BCUT2D eigenvalue weighted by Gasteiger charge is 2.54. The molecule has 160 valence electrons. The summed E-state index contributed by atoms with van der Waals surface area (Å²) in [5.74, 6) is -1.26. The van der Waals surface area contributed by atoms with E-state index in [1.807, 2.05) is 6.92 Å². The zero-order valence-corrected chi connectivity index (χ0v) is 17.2. The molecule has 0 aliphatic carbocycles. The molecule has 2 unspecified atom stereocenters. The van der Waals surface area contributed by atoms with Crippen LogP contribution in [0.25, 0.3) is 10.9 Å². The maximum absolute atomic E-state index is 14.4. The maximum Gasteiger partial charge on any atom is 0.408 e. The standard InChI is InChI=1S/C21H20ClF4N3O/c1-11-7-8-13-16(28-11)5-4-6-17(13)29-19(20(2,27)21(24,25)26)14-9-12(22)10-15(23)18(14)30-3/h4-10,19,29H,27H2,1-3H3. The van der Waals surface area contributed by atoms with Crippen LogP contribution in [0.3, 0.4) is 0 Å². The first-order valence-electron chi connectivity index (χ1n) is 8.97. The second kappa shape index (κ2) is 7.92. The van der Waals surface area contributed by atoms with Gasteiger partial charge in [0.2, 0.25) is 0 Å². The first kappa shape index (κ1) is 22.1. The van der Waals surface area contributed by atoms with E-state index in [0.717, 1.165) is 18.7 Å².